The Kier molecular flexibility index (Phi) is 4.95. The Labute approximate surface area is 120 Å². The Balaban J connectivity index is 2.24. The molecule has 110 valence electrons. The number of hydrogen-bond donors (Lipinski definition) is 1. The minimum absolute atomic E-state index is 0.223. The molecule has 0 bridgehead atoms. The molecular weight excluding hydrogens is 254 g/mol. The summed E-state index contributed by atoms with van der Waals surface area (Å²) in [5, 5.41) is 14.6. The lowest BCUT2D eigenvalue weighted by molar-refractivity contribution is -0.384. The monoisotopic (exact) mass is 277 g/mol. The van der Waals surface area contributed by atoms with Gasteiger partial charge >= 0.3 is 0 Å². The number of nitrogens with one attached hydrogen (secondary N) is 1. The van der Waals surface area contributed by atoms with Crippen LogP contribution in [0.5, 0.6) is 0 Å². The van der Waals surface area contributed by atoms with Crippen LogP contribution in [0.4, 0.5) is 11.4 Å². The molecule has 5 nitrogen and oxygen atoms in total. The first kappa shape index (κ1) is 14.8. The molecule has 1 heterocycles. The molecule has 0 aromatic heterocycles. The molecule has 1 fully saturated rings. The molecule has 1 aromatic carbocycles. The molecule has 0 unspecified atom stereocenters. The SMILES string of the molecule is CCN(CC1CCNCC1)c1c(C)cccc1[N+](=O)[O-]. The van der Waals surface area contributed by atoms with Gasteiger partial charge in [0.25, 0.3) is 5.69 Å². The zero-order valence-corrected chi connectivity index (χ0v) is 12.3. The second-order valence-corrected chi connectivity index (χ2v) is 5.43. The van der Waals surface area contributed by atoms with Crippen molar-refractivity contribution in [3.05, 3.63) is 33.9 Å². The number of rotatable bonds is 5. The van der Waals surface area contributed by atoms with Gasteiger partial charge in [0, 0.05) is 19.2 Å². The first-order valence-electron chi connectivity index (χ1n) is 7.33. The normalized spacial score (nSPS) is 16.1. The zero-order chi connectivity index (χ0) is 14.5. The first-order chi connectivity index (χ1) is 9.63. The Bertz CT molecular complexity index is 470. The quantitative estimate of drug-likeness (QED) is 0.664. The zero-order valence-electron chi connectivity index (χ0n) is 12.3. The highest BCUT2D eigenvalue weighted by Gasteiger charge is 2.23. The summed E-state index contributed by atoms with van der Waals surface area (Å²) in [7, 11) is 0. The van der Waals surface area contributed by atoms with Gasteiger partial charge < -0.3 is 10.2 Å². The predicted octanol–water partition coefficient (Wildman–Crippen LogP) is 2.73. The smallest absolute Gasteiger partial charge is 0.292 e. The van der Waals surface area contributed by atoms with Crippen LogP contribution in [0.3, 0.4) is 0 Å². The summed E-state index contributed by atoms with van der Waals surface area (Å²) in [6.07, 6.45) is 2.30. The molecule has 1 aromatic rings. The fourth-order valence-electron chi connectivity index (χ4n) is 2.96. The molecule has 1 saturated heterocycles. The lowest BCUT2D eigenvalue weighted by Crippen LogP contribution is -2.36. The molecule has 0 spiro atoms. The minimum atomic E-state index is -0.270. The lowest BCUT2D eigenvalue weighted by Gasteiger charge is -2.31. The van der Waals surface area contributed by atoms with Crippen LogP contribution in [0.2, 0.25) is 0 Å². The van der Waals surface area contributed by atoms with Crippen LogP contribution in [0.1, 0.15) is 25.3 Å². The van der Waals surface area contributed by atoms with E-state index in [1.54, 1.807) is 12.1 Å². The molecule has 20 heavy (non-hydrogen) atoms. The number of para-hydroxylation sites is 1. The van der Waals surface area contributed by atoms with Crippen molar-refractivity contribution in [1.82, 2.24) is 5.32 Å². The number of nitro benzene ring substituents is 1. The highest BCUT2D eigenvalue weighted by atomic mass is 16.6. The molecule has 1 aliphatic heterocycles. The van der Waals surface area contributed by atoms with E-state index in [1.165, 1.54) is 0 Å². The van der Waals surface area contributed by atoms with Gasteiger partial charge in [-0.3, -0.25) is 10.1 Å². The van der Waals surface area contributed by atoms with Crippen molar-refractivity contribution < 1.29 is 4.92 Å². The number of nitrogens with zero attached hydrogens (tertiary/aromatic N) is 2. The fourth-order valence-corrected chi connectivity index (χ4v) is 2.96. The third-order valence-electron chi connectivity index (χ3n) is 4.05. The number of hydrogen-bond acceptors (Lipinski definition) is 4. The van der Waals surface area contributed by atoms with Gasteiger partial charge in [-0.25, -0.2) is 0 Å². The van der Waals surface area contributed by atoms with Gasteiger partial charge in [0.15, 0.2) is 0 Å². The van der Waals surface area contributed by atoms with E-state index in [0.717, 1.165) is 50.3 Å². The highest BCUT2D eigenvalue weighted by molar-refractivity contribution is 5.67. The summed E-state index contributed by atoms with van der Waals surface area (Å²) < 4.78 is 0. The van der Waals surface area contributed by atoms with E-state index < -0.39 is 0 Å². The van der Waals surface area contributed by atoms with E-state index in [4.69, 9.17) is 0 Å². The number of benzene rings is 1. The van der Waals surface area contributed by atoms with Crippen molar-refractivity contribution in [1.29, 1.82) is 0 Å². The van der Waals surface area contributed by atoms with Gasteiger partial charge in [-0.15, -0.1) is 0 Å². The fraction of sp³-hybridized carbons (Fsp3) is 0.600. The van der Waals surface area contributed by atoms with E-state index in [1.807, 2.05) is 13.0 Å². The van der Waals surface area contributed by atoms with Crippen LogP contribution >= 0.6 is 0 Å². The Hall–Kier alpha value is -1.62. The summed E-state index contributed by atoms with van der Waals surface area (Å²) in [4.78, 5) is 13.2. The second kappa shape index (κ2) is 6.70. The third-order valence-corrected chi connectivity index (χ3v) is 4.05. The summed E-state index contributed by atoms with van der Waals surface area (Å²) in [5.74, 6) is 0.621. The summed E-state index contributed by atoms with van der Waals surface area (Å²) >= 11 is 0. The van der Waals surface area contributed by atoms with Crippen molar-refractivity contribution >= 4 is 11.4 Å². The van der Waals surface area contributed by atoms with Crippen molar-refractivity contribution in [2.45, 2.75) is 26.7 Å². The van der Waals surface area contributed by atoms with Gasteiger partial charge in [0.05, 0.1) is 4.92 Å². The maximum Gasteiger partial charge on any atom is 0.292 e. The number of anilines is 1. The Morgan fingerprint density at radius 1 is 1.40 bits per heavy atom. The molecule has 1 aliphatic rings. The molecule has 0 amide bonds. The van der Waals surface area contributed by atoms with Crippen LogP contribution in [0.15, 0.2) is 18.2 Å². The average molecular weight is 277 g/mol. The summed E-state index contributed by atoms with van der Waals surface area (Å²) in [6, 6.07) is 5.32. The molecular formula is C15H23N3O2. The standard InChI is InChI=1S/C15H23N3O2/c1-3-17(11-13-7-9-16-10-8-13)15-12(2)5-4-6-14(15)18(19)20/h4-6,13,16H,3,7-11H2,1-2H3. The van der Waals surface area contributed by atoms with Crippen LogP contribution < -0.4 is 10.2 Å². The molecule has 0 saturated carbocycles. The molecule has 5 heteroatoms. The van der Waals surface area contributed by atoms with Gasteiger partial charge in [-0.1, -0.05) is 12.1 Å². The van der Waals surface area contributed by atoms with Crippen LogP contribution in [0.25, 0.3) is 0 Å². The predicted molar refractivity (Wildman–Crippen MR) is 81.3 cm³/mol. The van der Waals surface area contributed by atoms with Gasteiger partial charge in [0.2, 0.25) is 0 Å². The Morgan fingerprint density at radius 3 is 2.70 bits per heavy atom. The molecule has 2 rings (SSSR count). The first-order valence-corrected chi connectivity index (χ1v) is 7.33. The van der Waals surface area contributed by atoms with Gasteiger partial charge in [-0.05, 0) is 51.3 Å². The number of aryl methyl sites for hydroxylation is 1. The van der Waals surface area contributed by atoms with Crippen molar-refractivity contribution in [3.63, 3.8) is 0 Å². The van der Waals surface area contributed by atoms with Crippen molar-refractivity contribution in [3.8, 4) is 0 Å². The van der Waals surface area contributed by atoms with E-state index in [2.05, 4.69) is 17.1 Å². The van der Waals surface area contributed by atoms with Crippen LogP contribution in [-0.4, -0.2) is 31.1 Å². The van der Waals surface area contributed by atoms with Gasteiger partial charge in [0.1, 0.15) is 5.69 Å². The van der Waals surface area contributed by atoms with Crippen LogP contribution in [0, 0.1) is 23.0 Å². The lowest BCUT2D eigenvalue weighted by atomic mass is 9.97. The largest absolute Gasteiger partial charge is 0.366 e. The molecule has 0 atom stereocenters. The maximum absolute atomic E-state index is 11.3. The van der Waals surface area contributed by atoms with E-state index >= 15 is 0 Å². The van der Waals surface area contributed by atoms with E-state index in [9.17, 15) is 10.1 Å². The van der Waals surface area contributed by atoms with Crippen molar-refractivity contribution in [2.24, 2.45) is 5.92 Å². The van der Waals surface area contributed by atoms with Gasteiger partial charge in [-0.2, -0.15) is 0 Å². The van der Waals surface area contributed by atoms with Crippen molar-refractivity contribution in [2.75, 3.05) is 31.1 Å². The van der Waals surface area contributed by atoms with E-state index in [0.29, 0.717) is 5.92 Å². The summed E-state index contributed by atoms with van der Waals surface area (Å²) in [5.41, 5.74) is 1.99. The molecule has 1 N–H and O–H groups in total. The second-order valence-electron chi connectivity index (χ2n) is 5.43. The summed E-state index contributed by atoms with van der Waals surface area (Å²) in [6.45, 7) is 7.83. The average Bonchev–Trinajstić information content (AvgIpc) is 2.46. The number of piperidine rings is 1. The topological polar surface area (TPSA) is 58.4 Å². The minimum Gasteiger partial charge on any atom is -0.366 e. The van der Waals surface area contributed by atoms with E-state index in [-0.39, 0.29) is 10.6 Å². The number of nitro groups is 1. The molecule has 0 aliphatic carbocycles. The molecule has 0 radical (unpaired) electrons. The highest BCUT2D eigenvalue weighted by Crippen LogP contribution is 2.32. The van der Waals surface area contributed by atoms with Crippen LogP contribution in [-0.2, 0) is 0 Å². The maximum atomic E-state index is 11.3. The Morgan fingerprint density at radius 2 is 2.10 bits per heavy atom. The third kappa shape index (κ3) is 3.28.